The monoisotopic (exact) mass is 799 g/mol. The van der Waals surface area contributed by atoms with Crippen molar-refractivity contribution in [2.24, 2.45) is 4.99 Å². The number of hydrogen-bond acceptors (Lipinski definition) is 13. The second-order valence-electron chi connectivity index (χ2n) is 13.2. The number of aliphatic imine (C=N–C) groups is 1. The highest BCUT2D eigenvalue weighted by Gasteiger charge is 2.46. The van der Waals surface area contributed by atoms with E-state index in [9.17, 15) is 33.6 Å². The van der Waals surface area contributed by atoms with Crippen molar-refractivity contribution >= 4 is 69.9 Å². The molecule has 0 radical (unpaired) electrons. The molecule has 16 nitrogen and oxygen atoms in total. The van der Waals surface area contributed by atoms with Gasteiger partial charge in [-0.3, -0.25) is 53.3 Å². The zero-order valence-corrected chi connectivity index (χ0v) is 31.9. The lowest BCUT2D eigenvalue weighted by atomic mass is 9.98. The van der Waals surface area contributed by atoms with Gasteiger partial charge in [-0.1, -0.05) is 29.8 Å². The quantitative estimate of drug-likeness (QED) is 0.0916. The number of aromatic nitrogens is 3. The van der Waals surface area contributed by atoms with Crippen molar-refractivity contribution in [1.82, 2.24) is 30.3 Å². The molecule has 3 aliphatic rings. The Labute approximate surface area is 328 Å². The Bertz CT molecular complexity index is 2370. The highest BCUT2D eigenvalue weighted by atomic mass is 35.5. The smallest absolute Gasteiger partial charge is 0.308 e. The predicted molar refractivity (Wildman–Crippen MR) is 200 cm³/mol. The number of aryl methyl sites for hydroxylation is 1. The van der Waals surface area contributed by atoms with Crippen LogP contribution in [0.25, 0.3) is 5.00 Å². The number of rotatable bonds is 12. The van der Waals surface area contributed by atoms with Crippen molar-refractivity contribution in [1.29, 1.82) is 0 Å². The molecule has 5 amide bonds. The maximum absolute atomic E-state index is 13.7. The number of halogens is 1. The van der Waals surface area contributed by atoms with Crippen LogP contribution in [0.5, 0.6) is 5.75 Å². The van der Waals surface area contributed by atoms with Crippen molar-refractivity contribution in [3.8, 4) is 10.8 Å². The number of Topliss-reactive ketones (excluding diaryl/α,β-unsaturated/α-hetero) is 1. The highest BCUT2D eigenvalue weighted by Crippen LogP contribution is 2.41. The molecule has 7 rings (SSSR count). The molecule has 0 spiro atoms. The first-order valence-electron chi connectivity index (χ1n) is 17.6. The van der Waals surface area contributed by atoms with E-state index in [1.54, 1.807) is 19.1 Å². The van der Waals surface area contributed by atoms with Gasteiger partial charge in [0.2, 0.25) is 11.8 Å². The molecule has 18 heteroatoms. The number of benzene rings is 2. The second-order valence-corrected chi connectivity index (χ2v) is 14.7. The van der Waals surface area contributed by atoms with Crippen molar-refractivity contribution < 1.29 is 43.0 Å². The number of fused-ring (bicyclic) bond motifs is 4. The topological polar surface area (TPSA) is 208 Å². The molecule has 5 heterocycles. The number of esters is 1. The van der Waals surface area contributed by atoms with Crippen LogP contribution < -0.4 is 15.4 Å². The summed E-state index contributed by atoms with van der Waals surface area (Å²) in [6.45, 7) is 3.29. The molecule has 3 aliphatic heterocycles. The fourth-order valence-corrected chi connectivity index (χ4v) is 8.38. The highest BCUT2D eigenvalue weighted by molar-refractivity contribution is 7.17. The number of thiophene rings is 1. The average Bonchev–Trinajstić information content (AvgIpc) is 3.78. The van der Waals surface area contributed by atoms with Gasteiger partial charge in [-0.05, 0) is 56.5 Å². The third-order valence-corrected chi connectivity index (χ3v) is 11.2. The van der Waals surface area contributed by atoms with Gasteiger partial charge in [-0.2, -0.15) is 0 Å². The third kappa shape index (κ3) is 7.10. The minimum Gasteiger partial charge on any atom is -0.483 e. The first-order valence-corrected chi connectivity index (χ1v) is 18.8. The van der Waals surface area contributed by atoms with Crippen molar-refractivity contribution in [3.63, 3.8) is 0 Å². The molecule has 0 aliphatic carbocycles. The lowest BCUT2D eigenvalue weighted by molar-refractivity contribution is -0.141. The first kappa shape index (κ1) is 38.2. The molecule has 1 unspecified atom stereocenters. The molecule has 0 bridgehead atoms. The summed E-state index contributed by atoms with van der Waals surface area (Å²) in [5.41, 5.74) is 2.65. The van der Waals surface area contributed by atoms with Crippen LogP contribution in [0.3, 0.4) is 0 Å². The first-order chi connectivity index (χ1) is 26.9. The number of hydrogen-bond donors (Lipinski definition) is 2. The number of nitrogens with zero attached hydrogens (tertiary/aromatic N) is 5. The zero-order chi connectivity index (χ0) is 39.8. The minimum absolute atomic E-state index is 0.00137. The van der Waals surface area contributed by atoms with E-state index >= 15 is 0 Å². The van der Waals surface area contributed by atoms with Crippen LogP contribution in [0, 0.1) is 13.8 Å². The molecule has 2 aromatic heterocycles. The molecule has 1 fully saturated rings. The number of ketones is 1. The number of methoxy groups -OCH3 is 1. The van der Waals surface area contributed by atoms with Crippen molar-refractivity contribution in [2.45, 2.75) is 58.0 Å². The summed E-state index contributed by atoms with van der Waals surface area (Å²) < 4.78 is 12.4. The number of nitrogens with one attached hydrogen (secondary N) is 2. The van der Waals surface area contributed by atoms with E-state index in [1.807, 2.05) is 23.6 Å². The summed E-state index contributed by atoms with van der Waals surface area (Å²) in [5.74, 6) is -2.80. The molecular weight excluding hydrogens is 766 g/mol. The standard InChI is InChI=1S/C38H34ClN7O9S/c1-18-30-32(20-9-11-21(39)12-10-20)41-23(16-29(50)54-3)34-44-43-19(2)45(34)38(30)56-33(18)25(47)7-5-15-40-28(49)17-55-26-8-4-6-22-31(26)37(53)46(36(22)52)24-13-14-27(48)42-35(24)51/h4,6,8-12,23-24H,5,7,13-17H2,1-3H3,(H,40,49)(H,42,48,51)/t23-,24?/m0/s1. The van der Waals surface area contributed by atoms with Gasteiger partial charge in [0, 0.05) is 35.5 Å². The summed E-state index contributed by atoms with van der Waals surface area (Å²) in [7, 11) is 1.31. The van der Waals surface area contributed by atoms with Crippen LogP contribution in [0.15, 0.2) is 47.5 Å². The largest absolute Gasteiger partial charge is 0.483 e. The lowest BCUT2D eigenvalue weighted by Gasteiger charge is -2.27. The van der Waals surface area contributed by atoms with E-state index in [0.717, 1.165) is 10.5 Å². The Morgan fingerprint density at radius 3 is 2.52 bits per heavy atom. The SMILES string of the molecule is COC(=O)C[C@@H]1N=C(c2ccc(Cl)cc2)c2c(sc(C(=O)CCCNC(=O)COc3cccc4c3C(=O)N(C3CCC(=O)NC3=O)C4=O)c2C)-n2c(C)nnc21. The summed E-state index contributed by atoms with van der Waals surface area (Å²) in [6, 6.07) is 9.65. The Balaban J connectivity index is 1.02. The summed E-state index contributed by atoms with van der Waals surface area (Å²) in [6.07, 6.45) is 0.324. The van der Waals surface area contributed by atoms with Crippen molar-refractivity contribution in [3.05, 3.63) is 91.8 Å². The van der Waals surface area contributed by atoms with Gasteiger partial charge in [-0.15, -0.1) is 21.5 Å². The zero-order valence-electron chi connectivity index (χ0n) is 30.3. The molecule has 288 valence electrons. The summed E-state index contributed by atoms with van der Waals surface area (Å²) >= 11 is 7.48. The van der Waals surface area contributed by atoms with E-state index in [1.165, 1.54) is 36.6 Å². The number of carbonyl (C=O) groups is 7. The predicted octanol–water partition coefficient (Wildman–Crippen LogP) is 3.61. The Morgan fingerprint density at radius 1 is 1.02 bits per heavy atom. The lowest BCUT2D eigenvalue weighted by Crippen LogP contribution is -2.54. The van der Waals surface area contributed by atoms with Gasteiger partial charge in [0.1, 0.15) is 28.7 Å². The fraction of sp³-hybridized carbons (Fsp3) is 0.316. The van der Waals surface area contributed by atoms with Crippen LogP contribution >= 0.6 is 22.9 Å². The van der Waals surface area contributed by atoms with Gasteiger partial charge < -0.3 is 14.8 Å². The average molecular weight is 800 g/mol. The number of carbonyl (C=O) groups excluding carboxylic acids is 7. The molecule has 1 saturated heterocycles. The number of imide groups is 2. The Hall–Kier alpha value is -6.07. The Morgan fingerprint density at radius 2 is 1.79 bits per heavy atom. The fourth-order valence-electron chi connectivity index (χ4n) is 6.92. The minimum atomic E-state index is -1.14. The molecule has 2 aromatic carbocycles. The number of amides is 5. The van der Waals surface area contributed by atoms with E-state index in [0.29, 0.717) is 49.8 Å². The summed E-state index contributed by atoms with van der Waals surface area (Å²) in [5, 5.41) is 14.7. The molecule has 2 N–H and O–H groups in total. The molecule has 2 atom stereocenters. The van der Waals surface area contributed by atoms with Gasteiger partial charge in [-0.25, -0.2) is 0 Å². The molecule has 56 heavy (non-hydrogen) atoms. The van der Waals surface area contributed by atoms with Gasteiger partial charge in [0.15, 0.2) is 18.2 Å². The Kier molecular flexibility index (Phi) is 10.6. The van der Waals surface area contributed by atoms with E-state index < -0.39 is 54.2 Å². The number of ether oxygens (including phenoxy) is 2. The van der Waals surface area contributed by atoms with Crippen LogP contribution in [0.4, 0.5) is 0 Å². The second kappa shape index (κ2) is 15.6. The van der Waals surface area contributed by atoms with E-state index in [-0.39, 0.29) is 54.9 Å². The summed E-state index contributed by atoms with van der Waals surface area (Å²) in [4.78, 5) is 95.7. The maximum Gasteiger partial charge on any atom is 0.308 e. The maximum atomic E-state index is 13.7. The normalized spacial score (nSPS) is 17.4. The molecule has 4 aromatic rings. The molecule has 0 saturated carbocycles. The van der Waals surface area contributed by atoms with Crippen LogP contribution in [0.1, 0.15) is 96.9 Å². The van der Waals surface area contributed by atoms with E-state index in [2.05, 4.69) is 20.8 Å². The van der Waals surface area contributed by atoms with Crippen LogP contribution in [0.2, 0.25) is 5.02 Å². The van der Waals surface area contributed by atoms with Crippen LogP contribution in [-0.4, -0.2) is 93.0 Å². The van der Waals surface area contributed by atoms with Gasteiger partial charge in [0.25, 0.3) is 17.7 Å². The third-order valence-electron chi connectivity index (χ3n) is 9.65. The van der Waals surface area contributed by atoms with E-state index in [4.69, 9.17) is 26.1 Å². The van der Waals surface area contributed by atoms with Crippen LogP contribution in [-0.2, 0) is 23.9 Å². The van der Waals surface area contributed by atoms with Gasteiger partial charge >= 0.3 is 5.97 Å². The van der Waals surface area contributed by atoms with Gasteiger partial charge in [0.05, 0.1) is 35.2 Å². The number of piperidine rings is 1. The van der Waals surface area contributed by atoms with Crippen molar-refractivity contribution in [2.75, 3.05) is 20.3 Å². The molecular formula is C38H34ClN7O9S.